The zero-order valence-corrected chi connectivity index (χ0v) is 23.9. The van der Waals surface area contributed by atoms with Gasteiger partial charge in [-0.1, -0.05) is 12.0 Å². The summed E-state index contributed by atoms with van der Waals surface area (Å²) in [5.74, 6) is -7.12. The van der Waals surface area contributed by atoms with Crippen LogP contribution in [0.15, 0.2) is 41.2 Å². The molecule has 0 spiro atoms. The minimum absolute atomic E-state index is 0.0197. The number of terminal acetylenes is 1. The van der Waals surface area contributed by atoms with E-state index in [-0.39, 0.29) is 30.8 Å². The number of aromatic nitrogens is 2. The number of fused-ring (bicyclic) bond motifs is 1. The molecule has 0 saturated heterocycles. The third-order valence-corrected chi connectivity index (χ3v) is 6.86. The van der Waals surface area contributed by atoms with E-state index in [0.717, 1.165) is 12.1 Å². The average molecular weight is 624 g/mol. The van der Waals surface area contributed by atoms with Crippen molar-refractivity contribution in [3.05, 3.63) is 69.5 Å². The van der Waals surface area contributed by atoms with Crippen molar-refractivity contribution in [2.24, 2.45) is 11.7 Å². The normalized spacial score (nSPS) is 12.8. The molecule has 3 aromatic rings. The number of H-pyrrole nitrogens is 1. The number of aliphatic carboxylic acids is 3. The van der Waals surface area contributed by atoms with Gasteiger partial charge in [-0.25, -0.2) is 14.2 Å². The summed E-state index contributed by atoms with van der Waals surface area (Å²) in [7, 11) is 0. The minimum Gasteiger partial charge on any atom is -0.481 e. The second-order valence-corrected chi connectivity index (χ2v) is 10.2. The number of nitrogens with two attached hydrogens (primary N) is 1. The topological polar surface area (TPSA) is 233 Å². The van der Waals surface area contributed by atoms with Crippen molar-refractivity contribution in [3.63, 3.8) is 0 Å². The Morgan fingerprint density at radius 1 is 1.11 bits per heavy atom. The monoisotopic (exact) mass is 623 g/mol. The van der Waals surface area contributed by atoms with Gasteiger partial charge in [0.15, 0.2) is 5.78 Å². The van der Waals surface area contributed by atoms with Gasteiger partial charge in [0.2, 0.25) is 0 Å². The second-order valence-electron chi connectivity index (χ2n) is 10.2. The fourth-order valence-corrected chi connectivity index (χ4v) is 4.57. The first kappa shape index (κ1) is 33.9. The molecule has 3 atom stereocenters. The third kappa shape index (κ3) is 8.71. The largest absolute Gasteiger partial charge is 0.481 e. The lowest BCUT2D eigenvalue weighted by atomic mass is 9.90. The van der Waals surface area contributed by atoms with Gasteiger partial charge in [0, 0.05) is 18.7 Å². The number of ketones is 1. The third-order valence-electron chi connectivity index (χ3n) is 6.86. The second kappa shape index (κ2) is 14.7. The smallest absolute Gasteiger partial charge is 0.326 e. The molecule has 1 unspecified atom stereocenters. The Bertz CT molecular complexity index is 1750. The van der Waals surface area contributed by atoms with E-state index in [4.69, 9.17) is 17.3 Å². The van der Waals surface area contributed by atoms with E-state index >= 15 is 4.39 Å². The SMILES string of the molecule is C#CCN(Cc1ccc2nc(C)[nH]c(=O)c2c1)c1ccc(C(=O)N[C@H](CC(C(=O)O)C(=O)[C@H](N)CCC(=O)O)C(=O)O)c(F)c1. The molecule has 0 bridgehead atoms. The van der Waals surface area contributed by atoms with Crippen LogP contribution in [0, 0.1) is 31.0 Å². The number of anilines is 1. The maximum Gasteiger partial charge on any atom is 0.326 e. The van der Waals surface area contributed by atoms with Crippen molar-refractivity contribution in [1.82, 2.24) is 15.3 Å². The van der Waals surface area contributed by atoms with E-state index in [1.54, 1.807) is 30.0 Å². The molecular formula is C30H30FN5O9. The highest BCUT2D eigenvalue weighted by molar-refractivity contribution is 6.02. The number of nitrogens with one attached hydrogen (secondary N) is 2. The molecule has 0 radical (unpaired) electrons. The van der Waals surface area contributed by atoms with E-state index in [1.807, 2.05) is 5.32 Å². The molecule has 15 heteroatoms. The molecule has 0 saturated carbocycles. The quantitative estimate of drug-likeness (QED) is 0.103. The van der Waals surface area contributed by atoms with Crippen molar-refractivity contribution in [3.8, 4) is 12.3 Å². The number of aryl methyl sites for hydroxylation is 1. The number of aromatic amines is 1. The summed E-state index contributed by atoms with van der Waals surface area (Å²) in [5.41, 5.74) is 6.13. The average Bonchev–Trinajstić information content (AvgIpc) is 2.97. The van der Waals surface area contributed by atoms with Crippen LogP contribution in [0.4, 0.5) is 10.1 Å². The van der Waals surface area contributed by atoms with Crippen LogP contribution >= 0.6 is 0 Å². The summed E-state index contributed by atoms with van der Waals surface area (Å²) >= 11 is 0. The summed E-state index contributed by atoms with van der Waals surface area (Å²) in [6.07, 6.45) is 3.69. The molecule has 45 heavy (non-hydrogen) atoms. The molecule has 0 fully saturated rings. The van der Waals surface area contributed by atoms with Gasteiger partial charge >= 0.3 is 17.9 Å². The molecule has 2 aromatic carbocycles. The van der Waals surface area contributed by atoms with Crippen LogP contribution in [0.3, 0.4) is 0 Å². The number of Topliss-reactive ketones (excluding diaryl/α,β-unsaturated/α-hetero) is 1. The van der Waals surface area contributed by atoms with Gasteiger partial charge in [-0.2, -0.15) is 0 Å². The summed E-state index contributed by atoms with van der Waals surface area (Å²) in [4.78, 5) is 80.6. The van der Waals surface area contributed by atoms with Crippen LogP contribution in [0.25, 0.3) is 10.9 Å². The Hall–Kier alpha value is -5.62. The highest BCUT2D eigenvalue weighted by Gasteiger charge is 2.36. The standard InChI is InChI=1S/C30H30FN5O9/c1-3-10-36(14-16-4-8-23-19(11-16)28(41)34-15(2)33-23)17-5-6-18(21(31)12-17)27(40)35-24(30(44)45)13-20(29(42)43)26(39)22(32)7-9-25(37)38/h1,4-6,8,11-12,20,22,24H,7,9-10,13-14,32H2,2H3,(H,35,40)(H,37,38)(H,42,43)(H,44,45)(H,33,34,41)/t20?,22-,24-/m1/s1. The first-order valence-corrected chi connectivity index (χ1v) is 13.5. The fraction of sp³-hybridized carbons (Fsp3) is 0.300. The Balaban J connectivity index is 1.79. The maximum atomic E-state index is 15.2. The van der Waals surface area contributed by atoms with Gasteiger partial charge in [0.1, 0.15) is 23.6 Å². The van der Waals surface area contributed by atoms with Crippen molar-refractivity contribution in [2.75, 3.05) is 11.4 Å². The van der Waals surface area contributed by atoms with Crippen molar-refractivity contribution >= 4 is 46.2 Å². The van der Waals surface area contributed by atoms with E-state index < -0.39 is 71.8 Å². The van der Waals surface area contributed by atoms with Gasteiger partial charge in [-0.3, -0.25) is 24.0 Å². The summed E-state index contributed by atoms with van der Waals surface area (Å²) in [6, 6.07) is 5.06. The zero-order valence-electron chi connectivity index (χ0n) is 23.9. The van der Waals surface area contributed by atoms with Gasteiger partial charge in [0.25, 0.3) is 11.5 Å². The summed E-state index contributed by atoms with van der Waals surface area (Å²) in [6.45, 7) is 1.82. The van der Waals surface area contributed by atoms with Crippen LogP contribution in [-0.2, 0) is 25.7 Å². The van der Waals surface area contributed by atoms with E-state index in [2.05, 4.69) is 15.9 Å². The number of carboxylic acids is 3. The Morgan fingerprint density at radius 3 is 2.42 bits per heavy atom. The fourth-order valence-electron chi connectivity index (χ4n) is 4.57. The van der Waals surface area contributed by atoms with Crippen LogP contribution < -0.4 is 21.5 Å². The Morgan fingerprint density at radius 2 is 1.82 bits per heavy atom. The molecule has 0 aliphatic rings. The van der Waals surface area contributed by atoms with Crippen molar-refractivity contribution < 1.29 is 43.7 Å². The number of carboxylic acid groups (broad SMARTS) is 3. The minimum atomic E-state index is -1.98. The number of benzene rings is 2. The molecule has 14 nitrogen and oxygen atoms in total. The van der Waals surface area contributed by atoms with Gasteiger partial charge in [-0.15, -0.1) is 6.42 Å². The van der Waals surface area contributed by atoms with E-state index in [9.17, 15) is 39.0 Å². The molecule has 1 aromatic heterocycles. The summed E-state index contributed by atoms with van der Waals surface area (Å²) < 4.78 is 15.2. The lowest BCUT2D eigenvalue weighted by molar-refractivity contribution is -0.148. The molecule has 0 aliphatic heterocycles. The molecule has 0 aliphatic carbocycles. The predicted octanol–water partition coefficient (Wildman–Crippen LogP) is 1.05. The van der Waals surface area contributed by atoms with Gasteiger partial charge in [0.05, 0.1) is 29.1 Å². The van der Waals surface area contributed by atoms with Gasteiger partial charge in [-0.05, 0) is 55.7 Å². The predicted molar refractivity (Wildman–Crippen MR) is 158 cm³/mol. The molecule has 236 valence electrons. The number of nitrogens with zero attached hydrogens (tertiary/aromatic N) is 2. The highest BCUT2D eigenvalue weighted by Crippen LogP contribution is 2.23. The Labute approximate surface area is 255 Å². The number of carbonyl (C=O) groups is 5. The number of halogens is 1. The van der Waals surface area contributed by atoms with Crippen LogP contribution in [0.1, 0.15) is 41.0 Å². The van der Waals surface area contributed by atoms with Gasteiger partial charge < -0.3 is 36.3 Å². The first-order chi connectivity index (χ1) is 21.2. The first-order valence-electron chi connectivity index (χ1n) is 13.5. The lowest BCUT2D eigenvalue weighted by Crippen LogP contribution is -2.47. The van der Waals surface area contributed by atoms with Crippen molar-refractivity contribution in [2.45, 2.75) is 44.8 Å². The number of amides is 1. The molecular weight excluding hydrogens is 593 g/mol. The number of carbonyl (C=O) groups excluding carboxylic acids is 2. The van der Waals surface area contributed by atoms with Crippen molar-refractivity contribution in [1.29, 1.82) is 0 Å². The highest BCUT2D eigenvalue weighted by atomic mass is 19.1. The Kier molecular flexibility index (Phi) is 11.1. The van der Waals surface area contributed by atoms with E-state index in [0.29, 0.717) is 22.3 Å². The lowest BCUT2D eigenvalue weighted by Gasteiger charge is -2.24. The maximum absolute atomic E-state index is 15.2. The summed E-state index contributed by atoms with van der Waals surface area (Å²) in [5, 5.41) is 30.3. The molecule has 7 N–H and O–H groups in total. The van der Waals surface area contributed by atoms with Crippen LogP contribution in [0.2, 0.25) is 0 Å². The van der Waals surface area contributed by atoms with Crippen LogP contribution in [-0.4, -0.2) is 73.5 Å². The number of hydrogen-bond donors (Lipinski definition) is 6. The van der Waals surface area contributed by atoms with E-state index in [1.165, 1.54) is 6.07 Å². The molecule has 1 amide bonds. The zero-order chi connectivity index (χ0) is 33.4. The number of hydrogen-bond acceptors (Lipinski definition) is 9. The van der Waals surface area contributed by atoms with Crippen LogP contribution in [0.5, 0.6) is 0 Å². The molecule has 3 rings (SSSR count). The molecule has 1 heterocycles. The number of rotatable bonds is 15.